The van der Waals surface area contributed by atoms with Crippen molar-refractivity contribution < 1.29 is 13.6 Å². The lowest BCUT2D eigenvalue weighted by Crippen LogP contribution is -2.29. The highest BCUT2D eigenvalue weighted by atomic mass is 19.3. The van der Waals surface area contributed by atoms with E-state index in [-0.39, 0.29) is 18.3 Å². The predicted octanol–water partition coefficient (Wildman–Crippen LogP) is 2.89. The molecule has 0 saturated carbocycles. The summed E-state index contributed by atoms with van der Waals surface area (Å²) >= 11 is 0. The number of hydrogen-bond donors (Lipinski definition) is 0. The maximum atomic E-state index is 12.8. The molecule has 0 saturated heterocycles. The minimum Gasteiger partial charge on any atom is -0.293 e. The smallest absolute Gasteiger partial charge is 0.293 e. The SMILES string of the molecule is CC(=O)C(F)(F)C[C@H](C)C(C)C. The summed E-state index contributed by atoms with van der Waals surface area (Å²) in [6.45, 7) is 6.43. The number of Topliss-reactive ketones (excluding diaryl/α,β-unsaturated/α-hetero) is 1. The van der Waals surface area contributed by atoms with Gasteiger partial charge in [0.1, 0.15) is 0 Å². The van der Waals surface area contributed by atoms with E-state index in [1.807, 2.05) is 13.8 Å². The first kappa shape index (κ1) is 11.5. The van der Waals surface area contributed by atoms with Gasteiger partial charge >= 0.3 is 5.92 Å². The molecule has 1 atom stereocenters. The predicted molar refractivity (Wildman–Crippen MR) is 44.2 cm³/mol. The molecule has 0 aromatic carbocycles. The Balaban J connectivity index is 4.15. The molecule has 0 unspecified atom stereocenters. The third kappa shape index (κ3) is 3.28. The molecule has 0 aromatic rings. The Morgan fingerprint density at radius 3 is 2.00 bits per heavy atom. The van der Waals surface area contributed by atoms with Gasteiger partial charge in [-0.3, -0.25) is 4.79 Å². The van der Waals surface area contributed by atoms with Gasteiger partial charge in [0.05, 0.1) is 0 Å². The van der Waals surface area contributed by atoms with Crippen LogP contribution in [0.4, 0.5) is 8.78 Å². The van der Waals surface area contributed by atoms with Gasteiger partial charge in [-0.25, -0.2) is 0 Å². The Morgan fingerprint density at radius 2 is 1.75 bits per heavy atom. The number of ketones is 1. The first-order valence-corrected chi connectivity index (χ1v) is 4.16. The van der Waals surface area contributed by atoms with Crippen molar-refractivity contribution in [3.63, 3.8) is 0 Å². The van der Waals surface area contributed by atoms with Crippen molar-refractivity contribution in [2.45, 2.75) is 40.0 Å². The highest BCUT2D eigenvalue weighted by molar-refractivity contribution is 5.82. The van der Waals surface area contributed by atoms with Crippen molar-refractivity contribution in [2.24, 2.45) is 11.8 Å². The number of alkyl halides is 2. The van der Waals surface area contributed by atoms with Gasteiger partial charge in [0.2, 0.25) is 0 Å². The molecule has 0 aliphatic carbocycles. The molecule has 0 heterocycles. The molecular weight excluding hydrogens is 162 g/mol. The lowest BCUT2D eigenvalue weighted by Gasteiger charge is -2.20. The molecule has 0 N–H and O–H groups in total. The van der Waals surface area contributed by atoms with E-state index in [0.29, 0.717) is 0 Å². The molecule has 0 spiro atoms. The van der Waals surface area contributed by atoms with Gasteiger partial charge in [0.15, 0.2) is 5.78 Å². The Morgan fingerprint density at radius 1 is 1.33 bits per heavy atom. The number of carbonyl (C=O) groups is 1. The summed E-state index contributed by atoms with van der Waals surface area (Å²) in [6.07, 6.45) is -0.333. The van der Waals surface area contributed by atoms with Gasteiger partial charge in [0.25, 0.3) is 0 Å². The summed E-state index contributed by atoms with van der Waals surface area (Å²) in [5.41, 5.74) is 0. The number of hydrogen-bond acceptors (Lipinski definition) is 1. The number of halogens is 2. The highest BCUT2D eigenvalue weighted by Crippen LogP contribution is 2.28. The number of carbonyl (C=O) groups excluding carboxylic acids is 1. The summed E-state index contributed by atoms with van der Waals surface area (Å²) in [5.74, 6) is -4.10. The quantitative estimate of drug-likeness (QED) is 0.647. The molecule has 0 aliphatic heterocycles. The molecule has 3 heteroatoms. The van der Waals surface area contributed by atoms with Crippen molar-refractivity contribution in [3.05, 3.63) is 0 Å². The van der Waals surface area contributed by atoms with Crippen LogP contribution in [0.15, 0.2) is 0 Å². The second-order valence-corrected chi connectivity index (χ2v) is 3.69. The van der Waals surface area contributed by atoms with Gasteiger partial charge < -0.3 is 0 Å². The topological polar surface area (TPSA) is 17.1 Å². The second-order valence-electron chi connectivity index (χ2n) is 3.69. The van der Waals surface area contributed by atoms with E-state index in [4.69, 9.17) is 0 Å². The van der Waals surface area contributed by atoms with Crippen LogP contribution < -0.4 is 0 Å². The van der Waals surface area contributed by atoms with Gasteiger partial charge in [-0.15, -0.1) is 0 Å². The molecule has 0 rings (SSSR count). The van der Waals surface area contributed by atoms with Gasteiger partial charge in [-0.05, 0) is 11.8 Å². The van der Waals surface area contributed by atoms with Gasteiger partial charge in [-0.2, -0.15) is 8.78 Å². The van der Waals surface area contributed by atoms with Crippen LogP contribution in [-0.4, -0.2) is 11.7 Å². The molecular formula is C9H16F2O. The zero-order valence-corrected chi connectivity index (χ0v) is 8.03. The minimum atomic E-state index is -3.14. The van der Waals surface area contributed by atoms with Crippen molar-refractivity contribution >= 4 is 5.78 Å². The van der Waals surface area contributed by atoms with E-state index in [9.17, 15) is 13.6 Å². The van der Waals surface area contributed by atoms with E-state index in [1.165, 1.54) is 0 Å². The lowest BCUT2D eigenvalue weighted by atomic mass is 9.91. The minimum absolute atomic E-state index is 0.121. The molecule has 0 fully saturated rings. The van der Waals surface area contributed by atoms with Crippen LogP contribution in [0.25, 0.3) is 0 Å². The Bertz CT molecular complexity index is 164. The van der Waals surface area contributed by atoms with E-state index in [0.717, 1.165) is 6.92 Å². The lowest BCUT2D eigenvalue weighted by molar-refractivity contribution is -0.143. The van der Waals surface area contributed by atoms with Crippen LogP contribution in [0, 0.1) is 11.8 Å². The van der Waals surface area contributed by atoms with Crippen LogP contribution in [0.2, 0.25) is 0 Å². The fourth-order valence-electron chi connectivity index (χ4n) is 0.784. The average molecular weight is 178 g/mol. The Kier molecular flexibility index (Phi) is 3.81. The maximum Gasteiger partial charge on any atom is 0.305 e. The first-order chi connectivity index (χ1) is 5.27. The zero-order chi connectivity index (χ0) is 9.94. The third-order valence-electron chi connectivity index (χ3n) is 2.23. The molecule has 0 bridgehead atoms. The van der Waals surface area contributed by atoms with Crippen LogP contribution >= 0.6 is 0 Å². The van der Waals surface area contributed by atoms with E-state index >= 15 is 0 Å². The summed E-state index contributed by atoms with van der Waals surface area (Å²) < 4.78 is 25.6. The van der Waals surface area contributed by atoms with Gasteiger partial charge in [-0.1, -0.05) is 20.8 Å². The Hall–Kier alpha value is -0.470. The third-order valence-corrected chi connectivity index (χ3v) is 2.23. The monoisotopic (exact) mass is 178 g/mol. The molecule has 0 radical (unpaired) electrons. The molecule has 0 aromatic heterocycles. The summed E-state index contributed by atoms with van der Waals surface area (Å²) in [7, 11) is 0. The van der Waals surface area contributed by atoms with Crippen LogP contribution in [0.3, 0.4) is 0 Å². The molecule has 0 aliphatic rings. The standard InChI is InChI=1S/C9H16F2O/c1-6(2)7(3)5-9(10,11)8(4)12/h6-7H,5H2,1-4H3/t7-/m0/s1. The van der Waals surface area contributed by atoms with Gasteiger partial charge in [0, 0.05) is 13.3 Å². The van der Waals surface area contributed by atoms with Crippen LogP contribution in [-0.2, 0) is 4.79 Å². The Labute approximate surface area is 72.2 Å². The molecule has 1 nitrogen and oxygen atoms in total. The molecule has 12 heavy (non-hydrogen) atoms. The van der Waals surface area contributed by atoms with Crippen molar-refractivity contribution in [2.75, 3.05) is 0 Å². The highest BCUT2D eigenvalue weighted by Gasteiger charge is 2.36. The van der Waals surface area contributed by atoms with Crippen LogP contribution in [0.1, 0.15) is 34.1 Å². The van der Waals surface area contributed by atoms with E-state index in [2.05, 4.69) is 0 Å². The van der Waals surface area contributed by atoms with Crippen molar-refractivity contribution in [1.82, 2.24) is 0 Å². The van der Waals surface area contributed by atoms with Crippen molar-refractivity contribution in [1.29, 1.82) is 0 Å². The molecule has 72 valence electrons. The fraction of sp³-hybridized carbons (Fsp3) is 0.889. The summed E-state index contributed by atoms with van der Waals surface area (Å²) in [5, 5.41) is 0. The maximum absolute atomic E-state index is 12.8. The van der Waals surface area contributed by atoms with E-state index < -0.39 is 11.7 Å². The number of rotatable bonds is 4. The first-order valence-electron chi connectivity index (χ1n) is 4.16. The zero-order valence-electron chi connectivity index (χ0n) is 8.03. The fourth-order valence-corrected chi connectivity index (χ4v) is 0.784. The molecule has 0 amide bonds. The van der Waals surface area contributed by atoms with Crippen LogP contribution in [0.5, 0.6) is 0 Å². The van der Waals surface area contributed by atoms with E-state index in [1.54, 1.807) is 6.92 Å². The summed E-state index contributed by atoms with van der Waals surface area (Å²) in [4.78, 5) is 10.5. The van der Waals surface area contributed by atoms with Crippen molar-refractivity contribution in [3.8, 4) is 0 Å². The normalized spacial score (nSPS) is 14.9. The summed E-state index contributed by atoms with van der Waals surface area (Å²) in [6, 6.07) is 0. The average Bonchev–Trinajstić information content (AvgIpc) is 1.85. The largest absolute Gasteiger partial charge is 0.305 e. The second kappa shape index (κ2) is 3.97.